The Balaban J connectivity index is 1.65. The maximum absolute atomic E-state index is 13.6. The first kappa shape index (κ1) is 43.1. The van der Waals surface area contributed by atoms with Crippen LogP contribution in [-0.4, -0.2) is 77.0 Å². The van der Waals surface area contributed by atoms with E-state index in [1.165, 1.54) is 42.7 Å². The van der Waals surface area contributed by atoms with Crippen molar-refractivity contribution in [1.82, 2.24) is 0 Å². The summed E-state index contributed by atoms with van der Waals surface area (Å²) in [4.78, 5) is 27.2. The maximum Gasteiger partial charge on any atom is 0.345 e. The van der Waals surface area contributed by atoms with E-state index in [0.29, 0.717) is 70.2 Å². The Kier molecular flexibility index (Phi) is 13.7. The van der Waals surface area contributed by atoms with Crippen LogP contribution < -0.4 is 18.9 Å². The largest absolute Gasteiger partial charge is 0.506 e. The van der Waals surface area contributed by atoms with Crippen molar-refractivity contribution in [2.24, 2.45) is 0 Å². The molecule has 0 aromatic heterocycles. The monoisotopic (exact) mass is 818 g/mol. The highest BCUT2D eigenvalue weighted by Gasteiger charge is 2.34. The van der Waals surface area contributed by atoms with Crippen LogP contribution in [0, 0.1) is 0 Å². The van der Waals surface area contributed by atoms with Crippen LogP contribution in [0.5, 0.6) is 34.5 Å². The van der Waals surface area contributed by atoms with Crippen molar-refractivity contribution in [1.29, 1.82) is 0 Å². The SMILES string of the molecule is COC(=O)c1c(O)c(-c2c(O)c(C(=O)OC)c(OC)c3cc(OC)c(C[C@@H](C)OCc4ccccc4)cc23)c2cc(C[C@@H](C)OCc3ccccc3)c(OC)cc2c1OC. The molecule has 60 heavy (non-hydrogen) atoms. The lowest BCUT2D eigenvalue weighted by Gasteiger charge is -2.24. The number of esters is 2. The second-order valence-corrected chi connectivity index (χ2v) is 14.3. The van der Waals surface area contributed by atoms with Gasteiger partial charge in [0.2, 0.25) is 0 Å². The second-order valence-electron chi connectivity index (χ2n) is 14.3. The Bertz CT molecular complexity index is 2320. The number of hydrogen-bond donors (Lipinski definition) is 2. The number of carbonyl (C=O) groups is 2. The molecule has 6 rings (SSSR count). The number of methoxy groups -OCH3 is 6. The minimum atomic E-state index is -0.907. The zero-order valence-corrected chi connectivity index (χ0v) is 35.0. The molecular weight excluding hydrogens is 769 g/mol. The first-order valence-electron chi connectivity index (χ1n) is 19.3. The van der Waals surface area contributed by atoms with Crippen molar-refractivity contribution in [2.45, 2.75) is 52.1 Å². The molecule has 2 N–H and O–H groups in total. The van der Waals surface area contributed by atoms with Crippen molar-refractivity contribution in [2.75, 3.05) is 42.7 Å². The summed E-state index contributed by atoms with van der Waals surface area (Å²) in [6, 6.07) is 26.6. The number of phenols is 2. The normalized spacial score (nSPS) is 12.2. The average molecular weight is 819 g/mol. The lowest BCUT2D eigenvalue weighted by molar-refractivity contribution is 0.0530. The van der Waals surface area contributed by atoms with Gasteiger partial charge in [-0.3, -0.25) is 0 Å². The third-order valence-electron chi connectivity index (χ3n) is 10.5. The fraction of sp³-hybridized carbons (Fsp3) is 0.292. The highest BCUT2D eigenvalue weighted by atomic mass is 16.5. The summed E-state index contributed by atoms with van der Waals surface area (Å²) in [5.74, 6) is -2.01. The van der Waals surface area contributed by atoms with Gasteiger partial charge in [-0.05, 0) is 71.1 Å². The van der Waals surface area contributed by atoms with Gasteiger partial charge in [0, 0.05) is 34.7 Å². The summed E-state index contributed by atoms with van der Waals surface area (Å²) in [5.41, 5.74) is 2.80. The third-order valence-corrected chi connectivity index (χ3v) is 10.5. The van der Waals surface area contributed by atoms with E-state index in [-0.39, 0.29) is 46.0 Å². The van der Waals surface area contributed by atoms with Gasteiger partial charge in [0.1, 0.15) is 45.6 Å². The van der Waals surface area contributed by atoms with Crippen molar-refractivity contribution in [3.05, 3.63) is 118 Å². The number of fused-ring (bicyclic) bond motifs is 2. The zero-order chi connectivity index (χ0) is 43.1. The molecule has 0 saturated carbocycles. The van der Waals surface area contributed by atoms with Crippen LogP contribution in [0.1, 0.15) is 56.8 Å². The van der Waals surface area contributed by atoms with E-state index in [2.05, 4.69) is 0 Å². The van der Waals surface area contributed by atoms with E-state index in [1.54, 1.807) is 24.3 Å². The van der Waals surface area contributed by atoms with E-state index in [0.717, 1.165) is 11.1 Å². The lowest BCUT2D eigenvalue weighted by Crippen LogP contribution is -2.13. The molecule has 0 bridgehead atoms. The van der Waals surface area contributed by atoms with Crippen LogP contribution in [0.2, 0.25) is 0 Å². The fourth-order valence-corrected chi connectivity index (χ4v) is 7.60. The predicted octanol–water partition coefficient (Wildman–Crippen LogP) is 8.97. The maximum atomic E-state index is 13.6. The summed E-state index contributed by atoms with van der Waals surface area (Å²) >= 11 is 0. The van der Waals surface area contributed by atoms with Crippen LogP contribution in [0.3, 0.4) is 0 Å². The van der Waals surface area contributed by atoms with Gasteiger partial charge in [0.25, 0.3) is 0 Å². The number of benzene rings is 6. The van der Waals surface area contributed by atoms with E-state index in [4.69, 9.17) is 37.9 Å². The molecule has 314 valence electrons. The fourth-order valence-electron chi connectivity index (χ4n) is 7.60. The average Bonchev–Trinajstić information content (AvgIpc) is 3.27. The van der Waals surface area contributed by atoms with Crippen LogP contribution >= 0.6 is 0 Å². The predicted molar refractivity (Wildman–Crippen MR) is 228 cm³/mol. The highest BCUT2D eigenvalue weighted by Crippen LogP contribution is 2.55. The van der Waals surface area contributed by atoms with Crippen LogP contribution in [0.4, 0.5) is 0 Å². The second kappa shape index (κ2) is 19.0. The van der Waals surface area contributed by atoms with Crippen molar-refractivity contribution in [3.63, 3.8) is 0 Å². The molecule has 2 atom stereocenters. The molecule has 0 aliphatic carbocycles. The third kappa shape index (κ3) is 8.61. The van der Waals surface area contributed by atoms with Gasteiger partial charge in [-0.25, -0.2) is 9.59 Å². The summed E-state index contributed by atoms with van der Waals surface area (Å²) < 4.78 is 46.2. The Labute approximate surface area is 349 Å². The molecule has 0 unspecified atom stereocenters. The Morgan fingerprint density at radius 1 is 0.517 bits per heavy atom. The van der Waals surface area contributed by atoms with E-state index < -0.39 is 23.4 Å². The standard InChI is InChI=1S/C48H50O12/c1-27(59-25-29-15-11-9-12-16-29)19-31-21-33-35(23-37(31)53-3)45(55-5)41(47(51)57-7)43(49)39(33)40-34-22-32(20-28(2)60-26-30-17-13-10-14-18-30)38(54-4)24-36(34)46(56-6)42(44(40)50)48(52)58-8/h9-18,21-24,27-28,49-50H,19-20,25-26H2,1-8H3/t27-,28-/m1/s1. The van der Waals surface area contributed by atoms with Crippen molar-refractivity contribution >= 4 is 33.5 Å². The summed E-state index contributed by atoms with van der Waals surface area (Å²) in [6.07, 6.45) is 0.148. The van der Waals surface area contributed by atoms with Gasteiger partial charge in [-0.15, -0.1) is 0 Å². The first-order valence-corrected chi connectivity index (χ1v) is 19.3. The molecule has 0 heterocycles. The summed E-state index contributed by atoms with van der Waals surface area (Å²) in [7, 11) is 8.16. The molecule has 0 saturated heterocycles. The molecule has 0 amide bonds. The number of phenolic OH excluding ortho intramolecular Hbond substituents is 2. The number of hydrogen-bond acceptors (Lipinski definition) is 12. The van der Waals surface area contributed by atoms with E-state index in [1.807, 2.05) is 74.5 Å². The van der Waals surface area contributed by atoms with Crippen LogP contribution in [0.25, 0.3) is 32.7 Å². The molecule has 0 aliphatic heterocycles. The van der Waals surface area contributed by atoms with E-state index in [9.17, 15) is 19.8 Å². The van der Waals surface area contributed by atoms with Gasteiger partial charge in [0.15, 0.2) is 0 Å². The van der Waals surface area contributed by atoms with Crippen LogP contribution in [0.15, 0.2) is 84.9 Å². The molecule has 0 spiro atoms. The van der Waals surface area contributed by atoms with Gasteiger partial charge >= 0.3 is 11.9 Å². The smallest absolute Gasteiger partial charge is 0.345 e. The zero-order valence-electron chi connectivity index (χ0n) is 35.0. The highest BCUT2D eigenvalue weighted by molar-refractivity contribution is 6.20. The number of rotatable bonds is 17. The molecule has 6 aromatic rings. The topological polar surface area (TPSA) is 148 Å². The van der Waals surface area contributed by atoms with Gasteiger partial charge in [-0.2, -0.15) is 0 Å². The summed E-state index contributed by atoms with van der Waals surface area (Å²) in [6.45, 7) is 4.64. The van der Waals surface area contributed by atoms with Gasteiger partial charge in [0.05, 0.1) is 68.1 Å². The molecule has 12 nitrogen and oxygen atoms in total. The van der Waals surface area contributed by atoms with Crippen molar-refractivity contribution < 1.29 is 57.7 Å². The number of aromatic hydroxyl groups is 2. The summed E-state index contributed by atoms with van der Waals surface area (Å²) in [5, 5.41) is 26.2. The Morgan fingerprint density at radius 3 is 1.20 bits per heavy atom. The lowest BCUT2D eigenvalue weighted by atomic mass is 9.85. The molecule has 6 aromatic carbocycles. The molecular formula is C48H50O12. The van der Waals surface area contributed by atoms with Gasteiger partial charge < -0.3 is 48.1 Å². The first-order chi connectivity index (χ1) is 29.0. The van der Waals surface area contributed by atoms with E-state index >= 15 is 0 Å². The quantitative estimate of drug-likeness (QED) is 0.0847. The number of carbonyl (C=O) groups excluding carboxylic acids is 2. The molecule has 0 radical (unpaired) electrons. The van der Waals surface area contributed by atoms with Gasteiger partial charge in [-0.1, -0.05) is 60.7 Å². The molecule has 0 fully saturated rings. The number of ether oxygens (including phenoxy) is 8. The Morgan fingerprint density at radius 2 is 0.883 bits per heavy atom. The molecule has 0 aliphatic rings. The molecule has 12 heteroatoms. The Hall–Kier alpha value is -6.50. The van der Waals surface area contributed by atoms with Crippen molar-refractivity contribution in [3.8, 4) is 45.6 Å². The minimum absolute atomic E-state index is 0.00718. The van der Waals surface area contributed by atoms with Crippen LogP contribution in [-0.2, 0) is 45.0 Å². The minimum Gasteiger partial charge on any atom is -0.506 e.